The van der Waals surface area contributed by atoms with Gasteiger partial charge in [0, 0.05) is 12.0 Å². The van der Waals surface area contributed by atoms with Crippen LogP contribution in [0.2, 0.25) is 0 Å². The molecule has 4 heteroatoms. The Labute approximate surface area is 172 Å². The first-order chi connectivity index (χ1) is 13.8. The lowest BCUT2D eigenvalue weighted by Gasteiger charge is -2.20. The number of furan rings is 2. The highest BCUT2D eigenvalue weighted by atomic mass is 16.4. The Balaban J connectivity index is 1.74. The van der Waals surface area contributed by atoms with E-state index in [0.29, 0.717) is 18.6 Å². The molecule has 0 aliphatic heterocycles. The normalized spacial score (nSPS) is 12.6. The number of amides is 1. The number of carbonyl (C=O) groups excluding carboxylic acids is 1. The third-order valence-corrected chi connectivity index (χ3v) is 5.12. The lowest BCUT2D eigenvalue weighted by molar-refractivity contribution is 0.0907. The second kappa shape index (κ2) is 8.56. The standard InChI is InChI=1S/C25H29NO3/c1-6-7-22(18-12-13-28-16-18)26-24(27)23-11-10-21(29-23)15-19-14-20(25(3,4)5)9-8-17(19)2/h6,8-14,16,22H,1,7,15H2,2-5H3,(H,26,27). The average molecular weight is 392 g/mol. The van der Waals surface area contributed by atoms with Crippen LogP contribution in [0.25, 0.3) is 0 Å². The number of hydrogen-bond donors (Lipinski definition) is 1. The number of benzene rings is 1. The summed E-state index contributed by atoms with van der Waals surface area (Å²) in [4.78, 5) is 12.7. The molecule has 0 saturated heterocycles. The van der Waals surface area contributed by atoms with Crippen LogP contribution in [0.1, 0.15) is 71.8 Å². The number of hydrogen-bond acceptors (Lipinski definition) is 3. The van der Waals surface area contributed by atoms with E-state index >= 15 is 0 Å². The Kier molecular flexibility index (Phi) is 6.12. The van der Waals surface area contributed by atoms with Gasteiger partial charge in [-0.05, 0) is 53.6 Å². The summed E-state index contributed by atoms with van der Waals surface area (Å²) >= 11 is 0. The van der Waals surface area contributed by atoms with Crippen LogP contribution in [-0.2, 0) is 11.8 Å². The maximum atomic E-state index is 12.7. The molecule has 0 aliphatic carbocycles. The molecule has 1 aromatic carbocycles. The van der Waals surface area contributed by atoms with E-state index in [1.54, 1.807) is 24.7 Å². The molecule has 0 saturated carbocycles. The molecule has 0 aliphatic rings. The Hall–Kier alpha value is -3.01. The van der Waals surface area contributed by atoms with Gasteiger partial charge in [0.1, 0.15) is 5.76 Å². The SMILES string of the molecule is C=CCC(NC(=O)c1ccc(Cc2cc(C(C)(C)C)ccc2C)o1)c1ccoc1. The zero-order valence-electron chi connectivity index (χ0n) is 17.6. The van der Waals surface area contributed by atoms with Gasteiger partial charge in [0.25, 0.3) is 5.91 Å². The molecule has 1 amide bonds. The summed E-state index contributed by atoms with van der Waals surface area (Å²) in [5, 5.41) is 2.99. The summed E-state index contributed by atoms with van der Waals surface area (Å²) in [5.41, 5.74) is 4.70. The molecule has 0 bridgehead atoms. The minimum Gasteiger partial charge on any atom is -0.472 e. The number of aryl methyl sites for hydroxylation is 1. The van der Waals surface area contributed by atoms with Crippen LogP contribution in [0.5, 0.6) is 0 Å². The van der Waals surface area contributed by atoms with Crippen molar-refractivity contribution in [3.63, 3.8) is 0 Å². The van der Waals surface area contributed by atoms with E-state index in [2.05, 4.69) is 57.8 Å². The minimum absolute atomic E-state index is 0.0872. The predicted octanol–water partition coefficient (Wildman–Crippen LogP) is 6.12. The molecule has 0 radical (unpaired) electrons. The summed E-state index contributed by atoms with van der Waals surface area (Å²) in [5.74, 6) is 0.833. The molecule has 29 heavy (non-hydrogen) atoms. The Bertz CT molecular complexity index is 974. The highest BCUT2D eigenvalue weighted by Crippen LogP contribution is 2.26. The van der Waals surface area contributed by atoms with Crippen LogP contribution in [-0.4, -0.2) is 5.91 Å². The van der Waals surface area contributed by atoms with Crippen molar-refractivity contribution in [2.24, 2.45) is 0 Å². The molecule has 1 N–H and O–H groups in total. The zero-order chi connectivity index (χ0) is 21.0. The lowest BCUT2D eigenvalue weighted by Crippen LogP contribution is -2.27. The fourth-order valence-corrected chi connectivity index (χ4v) is 3.26. The van der Waals surface area contributed by atoms with Gasteiger partial charge in [0.05, 0.1) is 18.6 Å². The van der Waals surface area contributed by atoms with E-state index in [1.165, 1.54) is 16.7 Å². The van der Waals surface area contributed by atoms with Gasteiger partial charge in [-0.1, -0.05) is 45.0 Å². The summed E-state index contributed by atoms with van der Waals surface area (Å²) in [6.45, 7) is 12.5. The number of carbonyl (C=O) groups is 1. The van der Waals surface area contributed by atoms with Gasteiger partial charge in [0.2, 0.25) is 0 Å². The Morgan fingerprint density at radius 3 is 2.66 bits per heavy atom. The minimum atomic E-state index is -0.246. The van der Waals surface area contributed by atoms with Crippen molar-refractivity contribution in [2.45, 2.75) is 52.0 Å². The third-order valence-electron chi connectivity index (χ3n) is 5.12. The molecule has 3 rings (SSSR count). The van der Waals surface area contributed by atoms with Gasteiger partial charge < -0.3 is 14.2 Å². The monoisotopic (exact) mass is 391 g/mol. The lowest BCUT2D eigenvalue weighted by atomic mass is 9.85. The van der Waals surface area contributed by atoms with Gasteiger partial charge >= 0.3 is 0 Å². The van der Waals surface area contributed by atoms with E-state index in [-0.39, 0.29) is 17.4 Å². The largest absolute Gasteiger partial charge is 0.472 e. The van der Waals surface area contributed by atoms with E-state index in [4.69, 9.17) is 8.83 Å². The second-order valence-electron chi connectivity index (χ2n) is 8.44. The van der Waals surface area contributed by atoms with Crippen molar-refractivity contribution in [1.29, 1.82) is 0 Å². The highest BCUT2D eigenvalue weighted by molar-refractivity contribution is 5.91. The molecule has 0 spiro atoms. The maximum Gasteiger partial charge on any atom is 0.287 e. The van der Waals surface area contributed by atoms with Crippen LogP contribution >= 0.6 is 0 Å². The van der Waals surface area contributed by atoms with Gasteiger partial charge in [0.15, 0.2) is 5.76 Å². The summed E-state index contributed by atoms with van der Waals surface area (Å²) in [6, 6.07) is 11.8. The average Bonchev–Trinajstić information content (AvgIpc) is 3.34. The van der Waals surface area contributed by atoms with E-state index in [0.717, 1.165) is 11.3 Å². The first-order valence-corrected chi connectivity index (χ1v) is 9.90. The molecule has 1 atom stereocenters. The summed E-state index contributed by atoms with van der Waals surface area (Å²) in [6.07, 6.45) is 6.26. The predicted molar refractivity (Wildman–Crippen MR) is 115 cm³/mol. The van der Waals surface area contributed by atoms with Crippen LogP contribution < -0.4 is 5.32 Å². The topological polar surface area (TPSA) is 55.4 Å². The van der Waals surface area contributed by atoms with Crippen molar-refractivity contribution in [2.75, 3.05) is 0 Å². The maximum absolute atomic E-state index is 12.7. The van der Waals surface area contributed by atoms with Crippen molar-refractivity contribution in [3.8, 4) is 0 Å². The molecule has 3 aromatic rings. The molecular weight excluding hydrogens is 362 g/mol. The van der Waals surface area contributed by atoms with Crippen LogP contribution in [0.3, 0.4) is 0 Å². The molecule has 152 valence electrons. The summed E-state index contributed by atoms with van der Waals surface area (Å²) < 4.78 is 11.0. The fourth-order valence-electron chi connectivity index (χ4n) is 3.26. The highest BCUT2D eigenvalue weighted by Gasteiger charge is 2.19. The quantitative estimate of drug-likeness (QED) is 0.494. The van der Waals surface area contributed by atoms with Gasteiger partial charge in [-0.15, -0.1) is 6.58 Å². The van der Waals surface area contributed by atoms with E-state index < -0.39 is 0 Å². The van der Waals surface area contributed by atoms with Crippen molar-refractivity contribution in [3.05, 3.63) is 95.4 Å². The number of rotatable bonds is 7. The van der Waals surface area contributed by atoms with E-state index in [9.17, 15) is 4.79 Å². The second-order valence-corrected chi connectivity index (χ2v) is 8.44. The van der Waals surface area contributed by atoms with Crippen LogP contribution in [0.15, 0.2) is 70.4 Å². The van der Waals surface area contributed by atoms with Crippen molar-refractivity contribution in [1.82, 2.24) is 5.32 Å². The number of nitrogens with one attached hydrogen (secondary N) is 1. The molecular formula is C25H29NO3. The molecule has 4 nitrogen and oxygen atoms in total. The van der Waals surface area contributed by atoms with Gasteiger partial charge in [-0.3, -0.25) is 4.79 Å². The van der Waals surface area contributed by atoms with Crippen LogP contribution in [0, 0.1) is 6.92 Å². The molecule has 2 heterocycles. The fraction of sp³-hybridized carbons (Fsp3) is 0.320. The summed E-state index contributed by atoms with van der Waals surface area (Å²) in [7, 11) is 0. The van der Waals surface area contributed by atoms with Crippen LogP contribution in [0.4, 0.5) is 0 Å². The zero-order valence-corrected chi connectivity index (χ0v) is 17.6. The molecule has 2 aromatic heterocycles. The van der Waals surface area contributed by atoms with E-state index in [1.807, 2.05) is 12.1 Å². The van der Waals surface area contributed by atoms with Crippen molar-refractivity contribution >= 4 is 5.91 Å². The van der Waals surface area contributed by atoms with Gasteiger partial charge in [-0.2, -0.15) is 0 Å². The third kappa shape index (κ3) is 5.08. The van der Waals surface area contributed by atoms with Gasteiger partial charge in [-0.25, -0.2) is 0 Å². The molecule has 0 fully saturated rings. The Morgan fingerprint density at radius 1 is 1.21 bits per heavy atom. The smallest absolute Gasteiger partial charge is 0.287 e. The first kappa shape index (κ1) is 20.7. The Morgan fingerprint density at radius 2 is 2.00 bits per heavy atom. The molecule has 1 unspecified atom stereocenters. The first-order valence-electron chi connectivity index (χ1n) is 9.90. The van der Waals surface area contributed by atoms with Crippen molar-refractivity contribution < 1.29 is 13.6 Å².